The second-order valence-corrected chi connectivity index (χ2v) is 5.57. The molecule has 1 aromatic rings. The molecular weight excluding hydrogens is 254 g/mol. The van der Waals surface area contributed by atoms with Crippen LogP contribution in [0.2, 0.25) is 0 Å². The van der Waals surface area contributed by atoms with Crippen molar-refractivity contribution in [3.63, 3.8) is 0 Å². The Morgan fingerprint density at radius 2 is 2.17 bits per heavy atom. The number of amides is 2. The van der Waals surface area contributed by atoms with Gasteiger partial charge in [-0.25, -0.2) is 14.6 Å². The molecule has 0 saturated carbocycles. The molecule has 0 aliphatic rings. The summed E-state index contributed by atoms with van der Waals surface area (Å²) in [7, 11) is 0. The molecule has 0 bridgehead atoms. The van der Waals surface area contributed by atoms with Crippen molar-refractivity contribution in [3.8, 4) is 0 Å². The van der Waals surface area contributed by atoms with Crippen LogP contribution in [0.5, 0.6) is 0 Å². The molecule has 1 heterocycles. The fraction of sp³-hybridized carbons (Fsp3) is 0.545. The first-order valence-electron chi connectivity index (χ1n) is 5.58. The van der Waals surface area contributed by atoms with E-state index >= 15 is 0 Å². The summed E-state index contributed by atoms with van der Waals surface area (Å²) in [5.74, 6) is -1.21. The average molecular weight is 271 g/mol. The van der Waals surface area contributed by atoms with Crippen molar-refractivity contribution in [1.82, 2.24) is 15.6 Å². The lowest BCUT2D eigenvalue weighted by Gasteiger charge is -2.17. The number of thiazole rings is 1. The van der Waals surface area contributed by atoms with E-state index in [9.17, 15) is 9.59 Å². The summed E-state index contributed by atoms with van der Waals surface area (Å²) in [5.41, 5.74) is 0. The van der Waals surface area contributed by atoms with Crippen molar-refractivity contribution in [1.29, 1.82) is 0 Å². The molecule has 0 aliphatic carbocycles. The van der Waals surface area contributed by atoms with Crippen LogP contribution in [0.1, 0.15) is 23.7 Å². The molecular formula is C11H17N3O3S. The van der Waals surface area contributed by atoms with Gasteiger partial charge in [0.2, 0.25) is 0 Å². The number of aliphatic carboxylic acids is 1. The SMILES string of the molecule is Cc1cnc(CNC(=O)N[C@@H](C(=O)O)C(C)C)s1. The van der Waals surface area contributed by atoms with E-state index < -0.39 is 18.0 Å². The quantitative estimate of drug-likeness (QED) is 0.754. The Labute approximate surface area is 109 Å². The molecule has 1 aromatic heterocycles. The zero-order chi connectivity index (χ0) is 13.7. The molecule has 3 N–H and O–H groups in total. The molecule has 0 aromatic carbocycles. The van der Waals surface area contributed by atoms with Gasteiger partial charge in [0, 0.05) is 11.1 Å². The first kappa shape index (κ1) is 14.4. The number of carboxylic acids is 1. The lowest BCUT2D eigenvalue weighted by molar-refractivity contribution is -0.140. The smallest absolute Gasteiger partial charge is 0.326 e. The molecule has 0 spiro atoms. The number of urea groups is 1. The molecule has 2 amide bonds. The van der Waals surface area contributed by atoms with Crippen molar-refractivity contribution < 1.29 is 14.7 Å². The number of nitrogens with one attached hydrogen (secondary N) is 2. The molecule has 0 saturated heterocycles. The van der Waals surface area contributed by atoms with E-state index in [1.54, 1.807) is 20.0 Å². The highest BCUT2D eigenvalue weighted by molar-refractivity contribution is 7.11. The molecule has 1 atom stereocenters. The monoisotopic (exact) mass is 271 g/mol. The number of carbonyl (C=O) groups excluding carboxylic acids is 1. The maximum absolute atomic E-state index is 11.5. The Kier molecular flexibility index (Phi) is 5.08. The second-order valence-electron chi connectivity index (χ2n) is 4.25. The number of carboxylic acid groups (broad SMARTS) is 1. The van der Waals surface area contributed by atoms with Crippen molar-refractivity contribution >= 4 is 23.3 Å². The van der Waals surface area contributed by atoms with E-state index in [1.165, 1.54) is 11.3 Å². The standard InChI is InChI=1S/C11H17N3O3S/c1-6(2)9(10(15)16)14-11(17)13-5-8-12-4-7(3)18-8/h4,6,9H,5H2,1-3H3,(H,15,16)(H2,13,14,17)/t9-/m1/s1. The van der Waals surface area contributed by atoms with E-state index in [0.29, 0.717) is 6.54 Å². The van der Waals surface area contributed by atoms with Crippen molar-refractivity contribution in [2.45, 2.75) is 33.4 Å². The van der Waals surface area contributed by atoms with Gasteiger partial charge in [0.1, 0.15) is 11.0 Å². The van der Waals surface area contributed by atoms with Crippen LogP contribution >= 0.6 is 11.3 Å². The predicted octanol–water partition coefficient (Wildman–Crippen LogP) is 1.36. The van der Waals surface area contributed by atoms with Crippen molar-refractivity contribution in [2.24, 2.45) is 5.92 Å². The third-order valence-corrected chi connectivity index (χ3v) is 3.20. The molecule has 0 unspecified atom stereocenters. The fourth-order valence-electron chi connectivity index (χ4n) is 1.34. The number of nitrogens with zero attached hydrogens (tertiary/aromatic N) is 1. The Bertz CT molecular complexity index is 431. The maximum Gasteiger partial charge on any atom is 0.326 e. The summed E-state index contributed by atoms with van der Waals surface area (Å²) in [6.07, 6.45) is 1.73. The van der Waals surface area contributed by atoms with E-state index in [1.807, 2.05) is 6.92 Å². The van der Waals surface area contributed by atoms with Gasteiger partial charge in [0.15, 0.2) is 0 Å². The maximum atomic E-state index is 11.5. The third kappa shape index (κ3) is 4.33. The highest BCUT2D eigenvalue weighted by Gasteiger charge is 2.23. The van der Waals surface area contributed by atoms with Gasteiger partial charge in [0.25, 0.3) is 0 Å². The normalized spacial score (nSPS) is 12.2. The Morgan fingerprint density at radius 1 is 1.50 bits per heavy atom. The largest absolute Gasteiger partial charge is 0.480 e. The van der Waals surface area contributed by atoms with Crippen molar-refractivity contribution in [3.05, 3.63) is 16.1 Å². The molecule has 6 nitrogen and oxygen atoms in total. The summed E-state index contributed by atoms with van der Waals surface area (Å²) >= 11 is 1.49. The van der Waals surface area contributed by atoms with Gasteiger partial charge >= 0.3 is 12.0 Å². The molecule has 18 heavy (non-hydrogen) atoms. The van der Waals surface area contributed by atoms with Crippen LogP contribution < -0.4 is 10.6 Å². The number of rotatable bonds is 5. The number of carbonyl (C=O) groups is 2. The molecule has 0 aliphatic heterocycles. The van der Waals surface area contributed by atoms with Gasteiger partial charge in [-0.1, -0.05) is 13.8 Å². The van der Waals surface area contributed by atoms with Crippen LogP contribution in [0, 0.1) is 12.8 Å². The van der Waals surface area contributed by atoms with Crippen LogP contribution in [-0.4, -0.2) is 28.1 Å². The number of hydrogen-bond acceptors (Lipinski definition) is 4. The lowest BCUT2D eigenvalue weighted by atomic mass is 10.1. The van der Waals surface area contributed by atoms with Crippen LogP contribution in [0.4, 0.5) is 4.79 Å². The first-order chi connectivity index (χ1) is 8.40. The van der Waals surface area contributed by atoms with E-state index in [0.717, 1.165) is 9.88 Å². The zero-order valence-electron chi connectivity index (χ0n) is 10.6. The van der Waals surface area contributed by atoms with Gasteiger partial charge in [-0.15, -0.1) is 11.3 Å². The molecule has 100 valence electrons. The third-order valence-electron chi connectivity index (χ3n) is 2.29. The zero-order valence-corrected chi connectivity index (χ0v) is 11.4. The Morgan fingerprint density at radius 3 is 2.61 bits per heavy atom. The summed E-state index contributed by atoms with van der Waals surface area (Å²) in [6.45, 7) is 5.71. The highest BCUT2D eigenvalue weighted by Crippen LogP contribution is 2.10. The minimum Gasteiger partial charge on any atom is -0.480 e. The van der Waals surface area contributed by atoms with Crippen LogP contribution in [0.25, 0.3) is 0 Å². The second kappa shape index (κ2) is 6.34. The number of hydrogen-bond donors (Lipinski definition) is 3. The van der Waals surface area contributed by atoms with E-state index in [-0.39, 0.29) is 5.92 Å². The van der Waals surface area contributed by atoms with Gasteiger partial charge in [0.05, 0.1) is 6.54 Å². The predicted molar refractivity (Wildman–Crippen MR) is 68.5 cm³/mol. The van der Waals surface area contributed by atoms with Crippen LogP contribution in [0.15, 0.2) is 6.20 Å². The van der Waals surface area contributed by atoms with Crippen LogP contribution in [-0.2, 0) is 11.3 Å². The molecule has 1 rings (SSSR count). The number of aromatic nitrogens is 1. The fourth-order valence-corrected chi connectivity index (χ4v) is 2.07. The highest BCUT2D eigenvalue weighted by atomic mass is 32.1. The van der Waals surface area contributed by atoms with Gasteiger partial charge in [-0.2, -0.15) is 0 Å². The van der Waals surface area contributed by atoms with Gasteiger partial charge in [-0.05, 0) is 12.8 Å². The lowest BCUT2D eigenvalue weighted by Crippen LogP contribution is -2.48. The Hall–Kier alpha value is -1.63. The molecule has 0 fully saturated rings. The number of aryl methyl sites for hydroxylation is 1. The minimum absolute atomic E-state index is 0.171. The Balaban J connectivity index is 2.43. The van der Waals surface area contributed by atoms with Gasteiger partial charge < -0.3 is 15.7 Å². The summed E-state index contributed by atoms with van der Waals surface area (Å²) in [4.78, 5) is 27.6. The summed E-state index contributed by atoms with van der Waals surface area (Å²) in [6, 6.07) is -1.38. The van der Waals surface area contributed by atoms with Crippen LogP contribution in [0.3, 0.4) is 0 Å². The average Bonchev–Trinajstić information content (AvgIpc) is 2.68. The molecule has 0 radical (unpaired) electrons. The minimum atomic E-state index is -1.04. The van der Waals surface area contributed by atoms with E-state index in [2.05, 4.69) is 15.6 Å². The topological polar surface area (TPSA) is 91.3 Å². The first-order valence-corrected chi connectivity index (χ1v) is 6.40. The van der Waals surface area contributed by atoms with Crippen molar-refractivity contribution in [2.75, 3.05) is 0 Å². The summed E-state index contributed by atoms with van der Waals surface area (Å²) in [5, 5.41) is 14.7. The summed E-state index contributed by atoms with van der Waals surface area (Å²) < 4.78 is 0. The molecule has 7 heteroatoms. The van der Waals surface area contributed by atoms with Gasteiger partial charge in [-0.3, -0.25) is 0 Å². The van der Waals surface area contributed by atoms with E-state index in [4.69, 9.17) is 5.11 Å².